The van der Waals surface area contributed by atoms with E-state index in [2.05, 4.69) is 27.2 Å². The number of carbonyl (C=O) groups excluding carboxylic acids is 1. The van der Waals surface area contributed by atoms with Gasteiger partial charge in [0.15, 0.2) is 0 Å². The fraction of sp³-hybridized carbons (Fsp3) is 0.318. The Labute approximate surface area is 169 Å². The zero-order valence-electron chi connectivity index (χ0n) is 16.4. The second-order valence-corrected chi connectivity index (χ2v) is 7.37. The highest BCUT2D eigenvalue weighted by molar-refractivity contribution is 5.92. The van der Waals surface area contributed by atoms with Crippen molar-refractivity contribution in [3.8, 4) is 0 Å². The van der Waals surface area contributed by atoms with Crippen molar-refractivity contribution in [2.75, 3.05) is 38.5 Å². The van der Waals surface area contributed by atoms with Crippen LogP contribution in [0.3, 0.4) is 0 Å². The van der Waals surface area contributed by atoms with Crippen LogP contribution in [0.1, 0.15) is 5.56 Å². The first-order valence-electron chi connectivity index (χ1n) is 9.79. The number of para-hydroxylation sites is 1. The summed E-state index contributed by atoms with van der Waals surface area (Å²) in [4.78, 5) is 25.8. The van der Waals surface area contributed by atoms with Gasteiger partial charge >= 0.3 is 0 Å². The number of likely N-dealkylation sites (N-methyl/N-ethyl adjacent to an activating group) is 1. The number of rotatable bonds is 5. The molecule has 1 amide bonds. The largest absolute Gasteiger partial charge is 0.357 e. The highest BCUT2D eigenvalue weighted by Gasteiger charge is 2.27. The highest BCUT2D eigenvalue weighted by Crippen LogP contribution is 2.23. The highest BCUT2D eigenvalue weighted by atomic mass is 19.1. The molecule has 1 saturated heterocycles. The first-order chi connectivity index (χ1) is 14.1. The molecule has 150 valence electrons. The lowest BCUT2D eigenvalue weighted by Crippen LogP contribution is -2.52. The van der Waals surface area contributed by atoms with Crippen molar-refractivity contribution < 1.29 is 9.18 Å². The van der Waals surface area contributed by atoms with Crippen LogP contribution in [0.4, 0.5) is 10.2 Å². The third-order valence-electron chi connectivity index (χ3n) is 5.32. The molecule has 0 aliphatic carbocycles. The summed E-state index contributed by atoms with van der Waals surface area (Å²) in [5, 5.41) is 3.85. The molecule has 1 N–H and O–H groups in total. The van der Waals surface area contributed by atoms with Gasteiger partial charge in [-0.3, -0.25) is 4.79 Å². The molecule has 1 aliphatic heterocycles. The summed E-state index contributed by atoms with van der Waals surface area (Å²) in [6.07, 6.45) is 1.85. The van der Waals surface area contributed by atoms with Gasteiger partial charge in [0, 0.05) is 38.0 Å². The van der Waals surface area contributed by atoms with Gasteiger partial charge in [0.2, 0.25) is 5.91 Å². The fourth-order valence-corrected chi connectivity index (χ4v) is 3.63. The summed E-state index contributed by atoms with van der Waals surface area (Å²) in [6.45, 7) is 3.10. The van der Waals surface area contributed by atoms with E-state index in [1.54, 1.807) is 12.1 Å². The number of amides is 1. The number of nitrogens with one attached hydrogen (secondary N) is 1. The van der Waals surface area contributed by atoms with E-state index in [4.69, 9.17) is 0 Å². The van der Waals surface area contributed by atoms with Crippen molar-refractivity contribution >= 4 is 22.6 Å². The minimum atomic E-state index is -0.498. The predicted octanol–water partition coefficient (Wildman–Crippen LogP) is 2.57. The third kappa shape index (κ3) is 4.35. The number of hydrogen-bond donors (Lipinski definition) is 1. The van der Waals surface area contributed by atoms with Crippen LogP contribution in [-0.4, -0.2) is 64.9 Å². The van der Waals surface area contributed by atoms with E-state index in [9.17, 15) is 9.18 Å². The summed E-state index contributed by atoms with van der Waals surface area (Å²) in [6, 6.07) is 14.1. The van der Waals surface area contributed by atoms with Crippen LogP contribution in [0.5, 0.6) is 0 Å². The summed E-state index contributed by atoms with van der Waals surface area (Å²) in [5.41, 5.74) is 1.30. The number of fused-ring (bicyclic) bond motifs is 1. The van der Waals surface area contributed by atoms with E-state index < -0.39 is 11.9 Å². The Morgan fingerprint density at radius 2 is 1.83 bits per heavy atom. The van der Waals surface area contributed by atoms with E-state index >= 15 is 0 Å². The molecule has 0 radical (unpaired) electrons. The average molecular weight is 393 g/mol. The zero-order valence-corrected chi connectivity index (χ0v) is 16.4. The van der Waals surface area contributed by atoms with E-state index in [0.717, 1.165) is 18.7 Å². The maximum Gasteiger partial charge on any atom is 0.245 e. The van der Waals surface area contributed by atoms with Crippen molar-refractivity contribution in [3.63, 3.8) is 0 Å². The predicted molar refractivity (Wildman–Crippen MR) is 111 cm³/mol. The van der Waals surface area contributed by atoms with Crippen LogP contribution in [0.15, 0.2) is 54.9 Å². The molecule has 7 heteroatoms. The first-order valence-corrected chi connectivity index (χ1v) is 9.79. The smallest absolute Gasteiger partial charge is 0.245 e. The molecule has 1 unspecified atom stereocenters. The van der Waals surface area contributed by atoms with Crippen LogP contribution >= 0.6 is 0 Å². The lowest BCUT2D eigenvalue weighted by molar-refractivity contribution is -0.133. The molecule has 6 nitrogen and oxygen atoms in total. The maximum absolute atomic E-state index is 14.1. The molecule has 2 heterocycles. The minimum absolute atomic E-state index is 0.0325. The van der Waals surface area contributed by atoms with Crippen LogP contribution in [0.2, 0.25) is 0 Å². The van der Waals surface area contributed by atoms with Crippen molar-refractivity contribution in [1.29, 1.82) is 0 Å². The van der Waals surface area contributed by atoms with E-state index in [1.165, 1.54) is 12.4 Å². The third-order valence-corrected chi connectivity index (χ3v) is 5.32. The van der Waals surface area contributed by atoms with Crippen molar-refractivity contribution in [2.24, 2.45) is 0 Å². The molecule has 1 aromatic heterocycles. The van der Waals surface area contributed by atoms with Gasteiger partial charge in [-0.05, 0) is 24.7 Å². The minimum Gasteiger partial charge on any atom is -0.357 e. The molecule has 2 aromatic carbocycles. The van der Waals surface area contributed by atoms with Gasteiger partial charge in [0.1, 0.15) is 29.5 Å². The van der Waals surface area contributed by atoms with Gasteiger partial charge in [0.25, 0.3) is 0 Å². The standard InChI is InChI=1S/C22H24FN5O/c1-27-10-12-28(13-11-27)22(29)19(14-16-6-3-2-4-7-16)26-21-17-8-5-9-18(23)20(17)24-15-25-21/h2-9,15,19H,10-14H2,1H3,(H,24,25,26). The quantitative estimate of drug-likeness (QED) is 0.722. The average Bonchev–Trinajstić information content (AvgIpc) is 2.75. The maximum atomic E-state index is 14.1. The Kier molecular flexibility index (Phi) is 5.67. The molecular formula is C22H24FN5O. The number of piperazine rings is 1. The zero-order chi connectivity index (χ0) is 20.2. The molecule has 0 saturated carbocycles. The molecule has 1 fully saturated rings. The Morgan fingerprint density at radius 1 is 1.07 bits per heavy atom. The molecule has 29 heavy (non-hydrogen) atoms. The van der Waals surface area contributed by atoms with Gasteiger partial charge in [-0.1, -0.05) is 36.4 Å². The summed E-state index contributed by atoms with van der Waals surface area (Å²) in [7, 11) is 2.06. The molecule has 0 bridgehead atoms. The first kappa shape index (κ1) is 19.3. The van der Waals surface area contributed by atoms with Gasteiger partial charge in [-0.25, -0.2) is 14.4 Å². The Hall–Kier alpha value is -3.06. The van der Waals surface area contributed by atoms with E-state index in [-0.39, 0.29) is 11.4 Å². The molecule has 3 aromatic rings. The molecule has 1 atom stereocenters. The van der Waals surface area contributed by atoms with Crippen LogP contribution in [0.25, 0.3) is 10.9 Å². The molecule has 1 aliphatic rings. The van der Waals surface area contributed by atoms with E-state index in [1.807, 2.05) is 35.2 Å². The normalized spacial score (nSPS) is 16.0. The molecule has 0 spiro atoms. The SMILES string of the molecule is CN1CCN(C(=O)C(Cc2ccccc2)Nc2ncnc3c(F)cccc23)CC1. The summed E-state index contributed by atoms with van der Waals surface area (Å²) >= 11 is 0. The van der Waals surface area contributed by atoms with Gasteiger partial charge in [0.05, 0.1) is 0 Å². The van der Waals surface area contributed by atoms with Crippen LogP contribution < -0.4 is 5.32 Å². The van der Waals surface area contributed by atoms with Gasteiger partial charge < -0.3 is 15.1 Å². The lowest BCUT2D eigenvalue weighted by atomic mass is 10.0. The van der Waals surface area contributed by atoms with E-state index in [0.29, 0.717) is 30.7 Å². The topological polar surface area (TPSA) is 61.4 Å². The van der Waals surface area contributed by atoms with Crippen molar-refractivity contribution in [1.82, 2.24) is 19.8 Å². The summed E-state index contributed by atoms with van der Waals surface area (Å²) in [5.74, 6) is 0.0981. The fourth-order valence-electron chi connectivity index (χ4n) is 3.63. The monoisotopic (exact) mass is 393 g/mol. The molecule has 4 rings (SSSR count). The Morgan fingerprint density at radius 3 is 2.59 bits per heavy atom. The number of benzene rings is 2. The second-order valence-electron chi connectivity index (χ2n) is 7.37. The summed E-state index contributed by atoms with van der Waals surface area (Å²) < 4.78 is 14.1. The number of anilines is 1. The van der Waals surface area contributed by atoms with Crippen molar-refractivity contribution in [3.05, 3.63) is 66.2 Å². The number of hydrogen-bond acceptors (Lipinski definition) is 5. The lowest BCUT2D eigenvalue weighted by Gasteiger charge is -2.35. The van der Waals surface area contributed by atoms with Gasteiger partial charge in [-0.2, -0.15) is 0 Å². The number of carbonyl (C=O) groups is 1. The second kappa shape index (κ2) is 8.53. The molecular weight excluding hydrogens is 369 g/mol. The van der Waals surface area contributed by atoms with Crippen molar-refractivity contribution in [2.45, 2.75) is 12.5 Å². The Balaban J connectivity index is 1.63. The Bertz CT molecular complexity index is 989. The number of halogens is 1. The van der Waals surface area contributed by atoms with Crippen LogP contribution in [-0.2, 0) is 11.2 Å². The number of aromatic nitrogens is 2. The van der Waals surface area contributed by atoms with Crippen LogP contribution in [0, 0.1) is 5.82 Å². The number of nitrogens with zero attached hydrogens (tertiary/aromatic N) is 4. The van der Waals surface area contributed by atoms with Gasteiger partial charge in [-0.15, -0.1) is 0 Å².